The fourth-order valence-electron chi connectivity index (χ4n) is 2.57. The number of nitrogens with zero attached hydrogens (tertiary/aromatic N) is 2. The first-order chi connectivity index (χ1) is 11.2. The van der Waals surface area contributed by atoms with Crippen LogP contribution in [0.4, 0.5) is 4.39 Å². The average molecular weight is 305 g/mol. The van der Waals surface area contributed by atoms with Crippen molar-refractivity contribution in [2.75, 3.05) is 0 Å². The third kappa shape index (κ3) is 2.23. The Morgan fingerprint density at radius 1 is 0.913 bits per heavy atom. The van der Waals surface area contributed by atoms with Crippen LogP contribution in [0.3, 0.4) is 0 Å². The number of halogens is 1. The molecule has 4 nitrogen and oxygen atoms in total. The van der Waals surface area contributed by atoms with Gasteiger partial charge in [-0.2, -0.15) is 0 Å². The van der Waals surface area contributed by atoms with Crippen molar-refractivity contribution in [3.63, 3.8) is 0 Å². The summed E-state index contributed by atoms with van der Waals surface area (Å²) in [4.78, 5) is 16.9. The zero-order valence-corrected chi connectivity index (χ0v) is 12.0. The number of hydrogen-bond donors (Lipinski definition) is 1. The van der Waals surface area contributed by atoms with Crippen molar-refractivity contribution in [1.82, 2.24) is 14.8 Å². The Labute approximate surface area is 130 Å². The first-order valence-corrected chi connectivity index (χ1v) is 7.16. The number of aromatic amines is 1. The van der Waals surface area contributed by atoms with Gasteiger partial charge in [-0.25, -0.2) is 14.1 Å². The SMILES string of the molecule is O=c1c2ccc(-c3ccccc3F)nc2[nH]n1-c1ccccc1. The number of para-hydroxylation sites is 1. The highest BCUT2D eigenvalue weighted by atomic mass is 19.1. The summed E-state index contributed by atoms with van der Waals surface area (Å²) in [6, 6.07) is 19.0. The molecule has 4 rings (SSSR count). The molecule has 5 heteroatoms. The molecule has 0 amide bonds. The van der Waals surface area contributed by atoms with Crippen LogP contribution < -0.4 is 5.56 Å². The van der Waals surface area contributed by atoms with Gasteiger partial charge in [-0.3, -0.25) is 9.89 Å². The molecule has 4 aromatic rings. The molecule has 0 saturated heterocycles. The molecule has 112 valence electrons. The zero-order valence-electron chi connectivity index (χ0n) is 12.0. The number of H-pyrrole nitrogens is 1. The highest BCUT2D eigenvalue weighted by Gasteiger charge is 2.12. The summed E-state index contributed by atoms with van der Waals surface area (Å²) in [5, 5.41) is 3.45. The summed E-state index contributed by atoms with van der Waals surface area (Å²) in [5.41, 5.74) is 1.86. The maximum atomic E-state index is 13.9. The highest BCUT2D eigenvalue weighted by molar-refractivity contribution is 5.78. The minimum absolute atomic E-state index is 0.182. The van der Waals surface area contributed by atoms with Gasteiger partial charge in [0.25, 0.3) is 5.56 Å². The maximum Gasteiger partial charge on any atom is 0.280 e. The second kappa shape index (κ2) is 5.21. The van der Waals surface area contributed by atoms with E-state index in [0.29, 0.717) is 22.3 Å². The van der Waals surface area contributed by atoms with E-state index in [1.165, 1.54) is 10.7 Å². The van der Waals surface area contributed by atoms with Crippen molar-refractivity contribution in [2.45, 2.75) is 0 Å². The lowest BCUT2D eigenvalue weighted by Gasteiger charge is -2.01. The molecule has 0 unspecified atom stereocenters. The largest absolute Gasteiger partial charge is 0.280 e. The molecule has 0 saturated carbocycles. The molecule has 2 aromatic carbocycles. The van der Waals surface area contributed by atoms with Crippen molar-refractivity contribution in [2.24, 2.45) is 0 Å². The fourth-order valence-corrected chi connectivity index (χ4v) is 2.57. The lowest BCUT2D eigenvalue weighted by molar-refractivity contribution is 0.631. The summed E-state index contributed by atoms with van der Waals surface area (Å²) < 4.78 is 15.3. The quantitative estimate of drug-likeness (QED) is 0.616. The van der Waals surface area contributed by atoms with E-state index in [9.17, 15) is 9.18 Å². The molecule has 0 atom stereocenters. The minimum atomic E-state index is -0.343. The topological polar surface area (TPSA) is 50.7 Å². The summed E-state index contributed by atoms with van der Waals surface area (Å²) in [5.74, 6) is -0.343. The van der Waals surface area contributed by atoms with E-state index in [-0.39, 0.29) is 11.4 Å². The van der Waals surface area contributed by atoms with Gasteiger partial charge < -0.3 is 0 Å². The smallest absolute Gasteiger partial charge is 0.274 e. The Morgan fingerprint density at radius 3 is 2.43 bits per heavy atom. The Bertz CT molecular complexity index is 1050. The van der Waals surface area contributed by atoms with Gasteiger partial charge in [-0.15, -0.1) is 0 Å². The zero-order chi connectivity index (χ0) is 15.8. The summed E-state index contributed by atoms with van der Waals surface area (Å²) in [6.45, 7) is 0. The molecule has 1 N–H and O–H groups in total. The van der Waals surface area contributed by atoms with Crippen LogP contribution >= 0.6 is 0 Å². The van der Waals surface area contributed by atoms with E-state index >= 15 is 0 Å². The molecule has 0 aliphatic heterocycles. The van der Waals surface area contributed by atoms with E-state index in [1.54, 1.807) is 30.3 Å². The van der Waals surface area contributed by atoms with Crippen molar-refractivity contribution in [3.05, 3.63) is 82.9 Å². The van der Waals surface area contributed by atoms with Crippen molar-refractivity contribution in [1.29, 1.82) is 0 Å². The van der Waals surface area contributed by atoms with Gasteiger partial charge in [0, 0.05) is 5.56 Å². The number of hydrogen-bond acceptors (Lipinski definition) is 2. The highest BCUT2D eigenvalue weighted by Crippen LogP contribution is 2.22. The number of fused-ring (bicyclic) bond motifs is 1. The fraction of sp³-hybridized carbons (Fsp3) is 0. The first kappa shape index (κ1) is 13.5. The van der Waals surface area contributed by atoms with Crippen LogP contribution in [-0.2, 0) is 0 Å². The third-order valence-corrected chi connectivity index (χ3v) is 3.71. The number of pyridine rings is 1. The third-order valence-electron chi connectivity index (χ3n) is 3.71. The van der Waals surface area contributed by atoms with Crippen LogP contribution in [0.2, 0.25) is 0 Å². The lowest BCUT2D eigenvalue weighted by atomic mass is 10.1. The normalized spacial score (nSPS) is 11.0. The molecule has 0 aliphatic carbocycles. The second-order valence-corrected chi connectivity index (χ2v) is 5.16. The van der Waals surface area contributed by atoms with Crippen LogP contribution in [0.25, 0.3) is 28.0 Å². The van der Waals surface area contributed by atoms with Crippen molar-refractivity contribution < 1.29 is 4.39 Å². The lowest BCUT2D eigenvalue weighted by Crippen LogP contribution is -2.13. The van der Waals surface area contributed by atoms with Crippen LogP contribution in [0.1, 0.15) is 0 Å². The van der Waals surface area contributed by atoms with Gasteiger partial charge in [-0.05, 0) is 36.4 Å². The number of rotatable bonds is 2. The molecule has 0 bridgehead atoms. The Morgan fingerprint density at radius 2 is 1.65 bits per heavy atom. The van der Waals surface area contributed by atoms with Crippen LogP contribution in [-0.4, -0.2) is 14.8 Å². The Kier molecular flexibility index (Phi) is 3.05. The van der Waals surface area contributed by atoms with Crippen molar-refractivity contribution in [3.8, 4) is 16.9 Å². The molecule has 0 radical (unpaired) electrons. The van der Waals surface area contributed by atoms with Gasteiger partial charge in [0.15, 0.2) is 5.65 Å². The van der Waals surface area contributed by atoms with Crippen molar-refractivity contribution >= 4 is 11.0 Å². The van der Waals surface area contributed by atoms with Gasteiger partial charge in [0.2, 0.25) is 0 Å². The number of benzene rings is 2. The van der Waals surface area contributed by atoms with E-state index in [1.807, 2.05) is 30.3 Å². The first-order valence-electron chi connectivity index (χ1n) is 7.16. The Hall–Kier alpha value is -3.21. The molecule has 0 fully saturated rings. The molecular weight excluding hydrogens is 293 g/mol. The van der Waals surface area contributed by atoms with Crippen LogP contribution in [0.15, 0.2) is 71.5 Å². The molecule has 0 spiro atoms. The number of nitrogens with one attached hydrogen (secondary N) is 1. The van der Waals surface area contributed by atoms with Gasteiger partial charge in [0.05, 0.1) is 16.8 Å². The predicted octanol–water partition coefficient (Wildman–Crippen LogP) is 3.52. The number of aromatic nitrogens is 3. The second-order valence-electron chi connectivity index (χ2n) is 5.16. The van der Waals surface area contributed by atoms with E-state index in [4.69, 9.17) is 0 Å². The van der Waals surface area contributed by atoms with Gasteiger partial charge >= 0.3 is 0 Å². The summed E-state index contributed by atoms with van der Waals surface area (Å²) >= 11 is 0. The van der Waals surface area contributed by atoms with Gasteiger partial charge in [0.1, 0.15) is 5.82 Å². The van der Waals surface area contributed by atoms with E-state index < -0.39 is 0 Å². The minimum Gasteiger partial charge on any atom is -0.274 e. The van der Waals surface area contributed by atoms with E-state index in [2.05, 4.69) is 10.1 Å². The van der Waals surface area contributed by atoms with Gasteiger partial charge in [-0.1, -0.05) is 30.3 Å². The molecule has 2 aromatic heterocycles. The maximum absolute atomic E-state index is 13.9. The molecule has 0 aliphatic rings. The Balaban J connectivity index is 1.91. The standard InChI is InChI=1S/C18H12FN3O/c19-15-9-5-4-8-13(15)16-11-10-14-17(20-16)21-22(18(14)23)12-6-2-1-3-7-12/h1-11H,(H,20,21). The molecular formula is C18H12FN3O. The predicted molar refractivity (Wildman–Crippen MR) is 87.1 cm³/mol. The van der Waals surface area contributed by atoms with Crippen LogP contribution in [0.5, 0.6) is 0 Å². The van der Waals surface area contributed by atoms with E-state index in [0.717, 1.165) is 5.69 Å². The average Bonchev–Trinajstić information content (AvgIpc) is 2.92. The summed E-state index contributed by atoms with van der Waals surface area (Å²) in [6.07, 6.45) is 0. The van der Waals surface area contributed by atoms with Crippen LogP contribution in [0, 0.1) is 5.82 Å². The summed E-state index contributed by atoms with van der Waals surface area (Å²) in [7, 11) is 0. The monoisotopic (exact) mass is 305 g/mol. The molecule has 2 heterocycles. The molecule has 23 heavy (non-hydrogen) atoms.